The summed E-state index contributed by atoms with van der Waals surface area (Å²) >= 11 is 5.47. The van der Waals surface area contributed by atoms with Crippen LogP contribution < -0.4 is 0 Å². The van der Waals surface area contributed by atoms with Crippen LogP contribution in [0.3, 0.4) is 0 Å². The lowest BCUT2D eigenvalue weighted by molar-refractivity contribution is -0.137. The Morgan fingerprint density at radius 2 is 1.80 bits per heavy atom. The Balaban J connectivity index is 0. The summed E-state index contributed by atoms with van der Waals surface area (Å²) in [5.74, 6) is -0.512. The van der Waals surface area contributed by atoms with Crippen molar-refractivity contribution in [2.24, 2.45) is 0 Å². The predicted molar refractivity (Wildman–Crippen MR) is 64.6 cm³/mol. The molecule has 0 saturated heterocycles. The molecule has 0 aliphatic rings. The number of carbonyl (C=O) groups excluding carboxylic acids is 1. The van der Waals surface area contributed by atoms with Crippen LogP contribution in [-0.4, -0.2) is 17.7 Å². The maximum atomic E-state index is 11.3. The lowest BCUT2D eigenvalue weighted by Crippen LogP contribution is -2.13. The predicted octanol–water partition coefficient (Wildman–Crippen LogP) is 3.52. The van der Waals surface area contributed by atoms with Crippen LogP contribution in [0.1, 0.15) is 41.0 Å². The number of ether oxygens (including phenoxy) is 1. The van der Waals surface area contributed by atoms with Crippen LogP contribution >= 0.6 is 11.6 Å². The summed E-state index contributed by atoms with van der Waals surface area (Å²) < 4.78 is 4.77. The molecule has 0 aliphatic carbocycles. The van der Waals surface area contributed by atoms with Gasteiger partial charge in [-0.15, -0.1) is 0 Å². The zero-order valence-electron chi connectivity index (χ0n) is 10.1. The summed E-state index contributed by atoms with van der Waals surface area (Å²) in [7, 11) is 0. The molecule has 0 amide bonds. The Morgan fingerprint density at radius 1 is 1.33 bits per heavy atom. The summed E-state index contributed by atoms with van der Waals surface area (Å²) in [5.41, 5.74) is 0.962. The van der Waals surface area contributed by atoms with Gasteiger partial charge in [-0.3, -0.25) is 5.41 Å². The number of esters is 1. The molecular weight excluding hydrogens is 214 g/mol. The summed E-state index contributed by atoms with van der Waals surface area (Å²) in [6.07, 6.45) is 0.684. The van der Waals surface area contributed by atoms with E-state index in [4.69, 9.17) is 21.7 Å². The van der Waals surface area contributed by atoms with Gasteiger partial charge in [0.25, 0.3) is 0 Å². The molecule has 0 spiro atoms. The molecule has 0 aliphatic heterocycles. The van der Waals surface area contributed by atoms with Gasteiger partial charge in [0.05, 0.1) is 12.2 Å². The normalized spacial score (nSPS) is 10.8. The summed E-state index contributed by atoms with van der Waals surface area (Å²) in [6, 6.07) is 0. The van der Waals surface area contributed by atoms with Gasteiger partial charge in [-0.2, -0.15) is 0 Å². The monoisotopic (exact) mass is 233 g/mol. The molecule has 0 unspecified atom stereocenters. The Morgan fingerprint density at radius 3 is 2.07 bits per heavy atom. The lowest BCUT2D eigenvalue weighted by Gasteiger charge is -2.07. The van der Waals surface area contributed by atoms with E-state index in [1.165, 1.54) is 0 Å². The van der Waals surface area contributed by atoms with Crippen molar-refractivity contribution in [3.8, 4) is 0 Å². The van der Waals surface area contributed by atoms with E-state index in [1.807, 2.05) is 20.8 Å². The number of nitrogens with one attached hydrogen (secondary N) is 1. The van der Waals surface area contributed by atoms with Gasteiger partial charge in [-0.25, -0.2) is 4.79 Å². The van der Waals surface area contributed by atoms with Crippen molar-refractivity contribution in [1.29, 1.82) is 5.41 Å². The number of halogens is 1. The quantitative estimate of drug-likeness (QED) is 0.459. The minimum Gasteiger partial charge on any atom is -0.462 e. The molecule has 0 aromatic rings. The highest BCUT2D eigenvalue weighted by Gasteiger charge is 2.16. The first-order valence-corrected chi connectivity index (χ1v) is 5.53. The van der Waals surface area contributed by atoms with Crippen molar-refractivity contribution in [2.45, 2.75) is 41.0 Å². The molecule has 0 saturated carbocycles. The van der Waals surface area contributed by atoms with E-state index in [0.29, 0.717) is 13.0 Å². The van der Waals surface area contributed by atoms with Crippen molar-refractivity contribution >= 4 is 22.7 Å². The maximum absolute atomic E-state index is 11.3. The van der Waals surface area contributed by atoms with Gasteiger partial charge in [-0.1, -0.05) is 37.9 Å². The molecule has 4 heteroatoms. The van der Waals surface area contributed by atoms with E-state index in [-0.39, 0.29) is 10.7 Å². The largest absolute Gasteiger partial charge is 0.462 e. The second-order valence-electron chi connectivity index (χ2n) is 2.54. The Hall–Kier alpha value is -0.830. The molecule has 0 radical (unpaired) electrons. The molecule has 15 heavy (non-hydrogen) atoms. The molecular formula is C11H20ClNO2. The number of rotatable bonds is 4. The third kappa shape index (κ3) is 6.28. The SMILES string of the molecule is CC.CCOC(=O)/C(C(=N)Cl)=C(/C)CC. The molecule has 88 valence electrons. The van der Waals surface area contributed by atoms with Crippen molar-refractivity contribution in [2.75, 3.05) is 6.61 Å². The Labute approximate surface area is 97.0 Å². The van der Waals surface area contributed by atoms with Gasteiger partial charge in [0.1, 0.15) is 5.17 Å². The van der Waals surface area contributed by atoms with Crippen LogP contribution in [0.5, 0.6) is 0 Å². The zero-order chi connectivity index (χ0) is 12.4. The number of allylic oxidation sites excluding steroid dienone is 1. The lowest BCUT2D eigenvalue weighted by atomic mass is 10.1. The van der Waals surface area contributed by atoms with Crippen molar-refractivity contribution in [3.05, 3.63) is 11.1 Å². The average Bonchev–Trinajstić information content (AvgIpc) is 2.20. The highest BCUT2D eigenvalue weighted by molar-refractivity contribution is 6.71. The fourth-order valence-electron chi connectivity index (χ4n) is 0.831. The smallest absolute Gasteiger partial charge is 0.341 e. The van der Waals surface area contributed by atoms with Gasteiger partial charge in [0.15, 0.2) is 0 Å². The molecule has 0 bridgehead atoms. The number of carbonyl (C=O) groups is 1. The van der Waals surface area contributed by atoms with E-state index in [1.54, 1.807) is 13.8 Å². The first-order valence-electron chi connectivity index (χ1n) is 5.15. The van der Waals surface area contributed by atoms with E-state index in [0.717, 1.165) is 5.57 Å². The molecule has 0 atom stereocenters. The van der Waals surface area contributed by atoms with Crippen LogP contribution in [0.25, 0.3) is 0 Å². The molecule has 0 heterocycles. The van der Waals surface area contributed by atoms with Crippen molar-refractivity contribution in [1.82, 2.24) is 0 Å². The van der Waals surface area contributed by atoms with E-state index in [2.05, 4.69) is 0 Å². The number of hydrogen-bond donors (Lipinski definition) is 1. The highest BCUT2D eigenvalue weighted by Crippen LogP contribution is 2.13. The molecule has 0 aromatic heterocycles. The maximum Gasteiger partial charge on any atom is 0.341 e. The summed E-state index contributed by atoms with van der Waals surface area (Å²) in [4.78, 5) is 11.3. The first-order chi connectivity index (χ1) is 7.04. The first kappa shape index (κ1) is 16.6. The second kappa shape index (κ2) is 9.71. The van der Waals surface area contributed by atoms with E-state index >= 15 is 0 Å². The summed E-state index contributed by atoms with van der Waals surface area (Å²) in [6.45, 7) is 9.68. The topological polar surface area (TPSA) is 50.2 Å². The van der Waals surface area contributed by atoms with Gasteiger partial charge in [0.2, 0.25) is 0 Å². The minimum atomic E-state index is -0.512. The third-order valence-corrected chi connectivity index (χ3v) is 1.85. The summed E-state index contributed by atoms with van der Waals surface area (Å²) in [5, 5.41) is 6.95. The molecule has 0 aromatic carbocycles. The van der Waals surface area contributed by atoms with Gasteiger partial charge in [-0.05, 0) is 20.3 Å². The van der Waals surface area contributed by atoms with Crippen LogP contribution in [0.2, 0.25) is 0 Å². The van der Waals surface area contributed by atoms with Gasteiger partial charge >= 0.3 is 5.97 Å². The average molecular weight is 234 g/mol. The third-order valence-electron chi connectivity index (χ3n) is 1.66. The van der Waals surface area contributed by atoms with Crippen LogP contribution in [0.15, 0.2) is 11.1 Å². The zero-order valence-corrected chi connectivity index (χ0v) is 10.9. The van der Waals surface area contributed by atoms with Gasteiger partial charge < -0.3 is 4.74 Å². The van der Waals surface area contributed by atoms with Crippen molar-refractivity contribution < 1.29 is 9.53 Å². The fourth-order valence-corrected chi connectivity index (χ4v) is 1.07. The van der Waals surface area contributed by atoms with Crippen LogP contribution in [-0.2, 0) is 9.53 Å². The van der Waals surface area contributed by atoms with Crippen LogP contribution in [0.4, 0.5) is 0 Å². The molecule has 0 fully saturated rings. The molecule has 0 rings (SSSR count). The van der Waals surface area contributed by atoms with E-state index < -0.39 is 5.97 Å². The fraction of sp³-hybridized carbons (Fsp3) is 0.636. The second-order valence-corrected chi connectivity index (χ2v) is 2.92. The Bertz CT molecular complexity index is 247. The highest BCUT2D eigenvalue weighted by atomic mass is 35.5. The minimum absolute atomic E-state index is 0.186. The number of hydrogen-bond acceptors (Lipinski definition) is 3. The van der Waals surface area contributed by atoms with E-state index in [9.17, 15) is 4.79 Å². The van der Waals surface area contributed by atoms with Crippen molar-refractivity contribution in [3.63, 3.8) is 0 Å². The van der Waals surface area contributed by atoms with Gasteiger partial charge in [0, 0.05) is 0 Å². The van der Waals surface area contributed by atoms with Crippen LogP contribution in [0, 0.1) is 5.41 Å². The molecule has 3 nitrogen and oxygen atoms in total. The molecule has 1 N–H and O–H groups in total. The Kier molecular flexibility index (Phi) is 10.7. The standard InChI is InChI=1S/C9H14ClNO2.C2H6/c1-4-6(3)7(8(10)11)9(12)13-5-2;1-2/h11H,4-5H2,1-3H3;1-2H3/b7-6-,11-8?;.